The highest BCUT2D eigenvalue weighted by Crippen LogP contribution is 2.36. The normalized spacial score (nSPS) is 11.5. The lowest BCUT2D eigenvalue weighted by Crippen LogP contribution is -2.14. The second-order valence-corrected chi connectivity index (χ2v) is 8.24. The van der Waals surface area contributed by atoms with Crippen LogP contribution in [-0.2, 0) is 16.4 Å². The molecular formula is C20H21N5O5S. The van der Waals surface area contributed by atoms with Crippen LogP contribution in [0.5, 0.6) is 11.5 Å². The van der Waals surface area contributed by atoms with E-state index in [1.54, 1.807) is 30.3 Å². The number of ether oxygens (including phenoxy) is 2. The molecule has 0 amide bonds. The molecule has 2 aromatic heterocycles. The number of rotatable bonds is 8. The fraction of sp³-hybridized carbons (Fsp3) is 0.200. The van der Waals surface area contributed by atoms with Crippen LogP contribution in [0.15, 0.2) is 51.9 Å². The second-order valence-electron chi connectivity index (χ2n) is 6.59. The van der Waals surface area contributed by atoms with Crippen LogP contribution in [-0.4, -0.2) is 38.0 Å². The molecule has 4 rings (SSSR count). The van der Waals surface area contributed by atoms with Gasteiger partial charge < -0.3 is 19.3 Å². The number of sulfonamides is 1. The van der Waals surface area contributed by atoms with Crippen molar-refractivity contribution in [1.29, 1.82) is 0 Å². The van der Waals surface area contributed by atoms with Crippen LogP contribution in [0, 0.1) is 0 Å². The maximum absolute atomic E-state index is 12.9. The van der Waals surface area contributed by atoms with Gasteiger partial charge in [0.25, 0.3) is 10.0 Å². The number of fused-ring (bicyclic) bond motifs is 1. The van der Waals surface area contributed by atoms with Gasteiger partial charge in [-0.2, -0.15) is 5.10 Å². The lowest BCUT2D eigenvalue weighted by molar-refractivity contribution is 0.403. The summed E-state index contributed by atoms with van der Waals surface area (Å²) in [7, 11) is -1.04. The Hall–Kier alpha value is -3.73. The molecule has 11 heteroatoms. The Morgan fingerprint density at radius 2 is 1.87 bits per heavy atom. The van der Waals surface area contributed by atoms with E-state index in [1.165, 1.54) is 20.3 Å². The van der Waals surface area contributed by atoms with Crippen LogP contribution in [0.1, 0.15) is 12.6 Å². The number of anilines is 3. The molecule has 0 radical (unpaired) electrons. The Morgan fingerprint density at radius 1 is 1.10 bits per heavy atom. The largest absolute Gasteiger partial charge is 0.495 e. The molecule has 0 fully saturated rings. The first kappa shape index (κ1) is 20.5. The number of aromatic nitrogens is 3. The predicted octanol–water partition coefficient (Wildman–Crippen LogP) is 3.67. The number of hydrogen-bond donors (Lipinski definition) is 3. The summed E-state index contributed by atoms with van der Waals surface area (Å²) in [5, 5.41) is 14.6. The minimum atomic E-state index is -3.96. The summed E-state index contributed by atoms with van der Waals surface area (Å²) in [6, 6.07) is 11.5. The van der Waals surface area contributed by atoms with Crippen LogP contribution in [0.2, 0.25) is 0 Å². The standard InChI is InChI=1S/C20H21N5O5S/c1-4-12-9-19(23-22-12)21-14-11-16-13(10-17(14)29-3)20(24-30-16)25-31(26,27)18-8-6-5-7-15(18)28-2/h5-11H,4H2,1-3H3,(H,24,25)(H2,21,22,23). The van der Waals surface area contributed by atoms with E-state index in [4.69, 9.17) is 14.0 Å². The highest BCUT2D eigenvalue weighted by molar-refractivity contribution is 7.92. The minimum absolute atomic E-state index is 0.0100. The number of aromatic amines is 1. The number of H-pyrrole nitrogens is 1. The van der Waals surface area contributed by atoms with Crippen molar-refractivity contribution in [3.05, 3.63) is 48.2 Å². The molecule has 0 saturated heterocycles. The van der Waals surface area contributed by atoms with Gasteiger partial charge >= 0.3 is 0 Å². The number of aryl methyl sites for hydroxylation is 1. The Bertz CT molecular complexity index is 1330. The Labute approximate surface area is 178 Å². The second kappa shape index (κ2) is 8.19. The van der Waals surface area contributed by atoms with Crippen LogP contribution in [0.25, 0.3) is 11.0 Å². The van der Waals surface area contributed by atoms with Gasteiger partial charge in [-0.1, -0.05) is 24.2 Å². The molecule has 0 aliphatic rings. The smallest absolute Gasteiger partial charge is 0.266 e. The molecule has 2 heterocycles. The molecule has 31 heavy (non-hydrogen) atoms. The number of nitrogens with zero attached hydrogens (tertiary/aromatic N) is 2. The summed E-state index contributed by atoms with van der Waals surface area (Å²) < 4.78 is 44.2. The van der Waals surface area contributed by atoms with E-state index in [0.717, 1.165) is 12.1 Å². The van der Waals surface area contributed by atoms with Gasteiger partial charge in [-0.05, 0) is 24.6 Å². The van der Waals surface area contributed by atoms with Gasteiger partial charge in [-0.25, -0.2) is 8.42 Å². The summed E-state index contributed by atoms with van der Waals surface area (Å²) in [5.74, 6) is 1.34. The van der Waals surface area contributed by atoms with Gasteiger partial charge in [0, 0.05) is 17.8 Å². The molecule has 0 unspecified atom stereocenters. The fourth-order valence-corrected chi connectivity index (χ4v) is 4.26. The van der Waals surface area contributed by atoms with Crippen LogP contribution in [0.4, 0.5) is 17.3 Å². The molecule has 0 atom stereocenters. The van der Waals surface area contributed by atoms with E-state index in [0.29, 0.717) is 28.2 Å². The summed E-state index contributed by atoms with van der Waals surface area (Å²) in [5.41, 5.74) is 1.95. The Balaban J connectivity index is 1.69. The van der Waals surface area contributed by atoms with Crippen molar-refractivity contribution in [3.63, 3.8) is 0 Å². The first-order chi connectivity index (χ1) is 14.9. The maximum Gasteiger partial charge on any atom is 0.266 e. The van der Waals surface area contributed by atoms with Gasteiger partial charge in [0.1, 0.15) is 16.4 Å². The molecule has 2 aromatic carbocycles. The van der Waals surface area contributed by atoms with Gasteiger partial charge in [0.05, 0.1) is 25.3 Å². The summed E-state index contributed by atoms with van der Waals surface area (Å²) in [4.78, 5) is -0.0100. The number of methoxy groups -OCH3 is 2. The zero-order chi connectivity index (χ0) is 22.0. The average Bonchev–Trinajstić information content (AvgIpc) is 3.39. The van der Waals surface area contributed by atoms with Crippen molar-refractivity contribution in [1.82, 2.24) is 15.4 Å². The van der Waals surface area contributed by atoms with E-state index in [2.05, 4.69) is 25.4 Å². The van der Waals surface area contributed by atoms with Gasteiger partial charge in [-0.15, -0.1) is 0 Å². The first-order valence-electron chi connectivity index (χ1n) is 9.39. The lowest BCUT2D eigenvalue weighted by Gasteiger charge is -2.11. The SMILES string of the molecule is CCc1cc(Nc2cc3onc(NS(=O)(=O)c4ccccc4OC)c3cc2OC)n[nH]1. The highest BCUT2D eigenvalue weighted by Gasteiger charge is 2.23. The van der Waals surface area contributed by atoms with Gasteiger partial charge in [0.15, 0.2) is 17.2 Å². The fourth-order valence-electron chi connectivity index (χ4n) is 3.07. The minimum Gasteiger partial charge on any atom is -0.495 e. The van der Waals surface area contributed by atoms with Crippen molar-refractivity contribution < 1.29 is 22.4 Å². The molecule has 10 nitrogen and oxygen atoms in total. The molecule has 0 spiro atoms. The highest BCUT2D eigenvalue weighted by atomic mass is 32.2. The molecule has 0 aliphatic heterocycles. The molecule has 0 aliphatic carbocycles. The lowest BCUT2D eigenvalue weighted by atomic mass is 10.2. The van der Waals surface area contributed by atoms with Gasteiger partial charge in [-0.3, -0.25) is 9.82 Å². The monoisotopic (exact) mass is 443 g/mol. The van der Waals surface area contributed by atoms with Crippen molar-refractivity contribution in [2.45, 2.75) is 18.2 Å². The average molecular weight is 443 g/mol. The number of nitrogens with one attached hydrogen (secondary N) is 3. The van der Waals surface area contributed by atoms with Crippen LogP contribution in [0.3, 0.4) is 0 Å². The number of benzene rings is 2. The maximum atomic E-state index is 12.9. The van der Waals surface area contributed by atoms with Crippen molar-refractivity contribution in [2.24, 2.45) is 0 Å². The molecule has 3 N–H and O–H groups in total. The van der Waals surface area contributed by atoms with E-state index in [-0.39, 0.29) is 16.5 Å². The summed E-state index contributed by atoms with van der Waals surface area (Å²) >= 11 is 0. The van der Waals surface area contributed by atoms with Crippen molar-refractivity contribution in [2.75, 3.05) is 24.3 Å². The molecule has 162 valence electrons. The Morgan fingerprint density at radius 3 is 2.58 bits per heavy atom. The number of hydrogen-bond acceptors (Lipinski definition) is 8. The van der Waals surface area contributed by atoms with Crippen molar-refractivity contribution >= 4 is 38.3 Å². The third kappa shape index (κ3) is 3.99. The summed E-state index contributed by atoms with van der Waals surface area (Å²) in [6.07, 6.45) is 0.822. The molecule has 4 aromatic rings. The van der Waals surface area contributed by atoms with E-state index in [1.807, 2.05) is 13.0 Å². The Kier molecular flexibility index (Phi) is 5.42. The van der Waals surface area contributed by atoms with E-state index in [9.17, 15) is 8.42 Å². The number of para-hydroxylation sites is 1. The van der Waals surface area contributed by atoms with Gasteiger partial charge in [0.2, 0.25) is 0 Å². The van der Waals surface area contributed by atoms with E-state index < -0.39 is 10.0 Å². The quantitative estimate of drug-likeness (QED) is 0.376. The molecule has 0 saturated carbocycles. The zero-order valence-corrected chi connectivity index (χ0v) is 17.9. The topological polar surface area (TPSA) is 131 Å². The third-order valence-electron chi connectivity index (χ3n) is 4.66. The predicted molar refractivity (Wildman–Crippen MR) is 116 cm³/mol. The molecular weight excluding hydrogens is 422 g/mol. The first-order valence-corrected chi connectivity index (χ1v) is 10.9. The van der Waals surface area contributed by atoms with Crippen LogP contribution >= 0.6 is 0 Å². The zero-order valence-electron chi connectivity index (χ0n) is 17.1. The summed E-state index contributed by atoms with van der Waals surface area (Å²) in [6.45, 7) is 2.02. The molecule has 0 bridgehead atoms. The van der Waals surface area contributed by atoms with Crippen LogP contribution < -0.4 is 19.5 Å². The third-order valence-corrected chi connectivity index (χ3v) is 6.03. The van der Waals surface area contributed by atoms with Crippen molar-refractivity contribution in [3.8, 4) is 11.5 Å². The van der Waals surface area contributed by atoms with E-state index >= 15 is 0 Å².